The Morgan fingerprint density at radius 3 is 2.00 bits per heavy atom. The molecule has 180 valence electrons. The van der Waals surface area contributed by atoms with Crippen LogP contribution in [0.15, 0.2) is 115 Å². The molecule has 0 saturated heterocycles. The number of hydrogen-bond acceptors (Lipinski definition) is 2. The maximum Gasteiger partial charge on any atom is 0.157 e. The van der Waals surface area contributed by atoms with Crippen molar-refractivity contribution in [1.29, 1.82) is 0 Å². The summed E-state index contributed by atoms with van der Waals surface area (Å²) in [6.45, 7) is 0.358. The molecule has 0 amide bonds. The van der Waals surface area contributed by atoms with Gasteiger partial charge in [0.05, 0.1) is 21.4 Å². The summed E-state index contributed by atoms with van der Waals surface area (Å²) in [4.78, 5) is 8.45. The Kier molecular flexibility index (Phi) is 6.40. The minimum Gasteiger partial charge on any atom is -0.486 e. The van der Waals surface area contributed by atoms with Gasteiger partial charge in [-0.2, -0.15) is 0 Å². The van der Waals surface area contributed by atoms with Gasteiger partial charge < -0.3 is 9.72 Å². The highest BCUT2D eigenvalue weighted by molar-refractivity contribution is 6.37. The first-order chi connectivity index (χ1) is 18.2. The smallest absolute Gasteiger partial charge is 0.157 e. The van der Waals surface area contributed by atoms with Crippen LogP contribution in [-0.4, -0.2) is 9.97 Å². The standard InChI is InChI=1S/C32H22Cl2N2O/c33-27-18-25(19-28(34)31(27)37-20-24-16-9-15-21-10-7-8-17-26(21)24)32-35-29(22-11-3-1-4-12-22)30(36-32)23-13-5-2-6-14-23/h1-19H,20H2,(H,35,36). The Bertz CT molecular complexity index is 1610. The fourth-order valence-corrected chi connectivity index (χ4v) is 5.13. The van der Waals surface area contributed by atoms with E-state index in [2.05, 4.69) is 53.5 Å². The molecule has 37 heavy (non-hydrogen) atoms. The topological polar surface area (TPSA) is 37.9 Å². The van der Waals surface area contributed by atoms with E-state index in [1.165, 1.54) is 0 Å². The Balaban J connectivity index is 1.35. The monoisotopic (exact) mass is 520 g/mol. The van der Waals surface area contributed by atoms with E-state index in [4.69, 9.17) is 32.9 Å². The van der Waals surface area contributed by atoms with Crippen LogP contribution >= 0.6 is 23.2 Å². The molecule has 0 radical (unpaired) electrons. The summed E-state index contributed by atoms with van der Waals surface area (Å²) in [5, 5.41) is 3.17. The molecule has 6 rings (SSSR count). The molecule has 0 saturated carbocycles. The molecule has 5 aromatic carbocycles. The van der Waals surface area contributed by atoms with Crippen LogP contribution < -0.4 is 4.74 Å². The van der Waals surface area contributed by atoms with Crippen molar-refractivity contribution in [3.8, 4) is 39.7 Å². The molecule has 6 aromatic rings. The van der Waals surface area contributed by atoms with E-state index < -0.39 is 0 Å². The van der Waals surface area contributed by atoms with Gasteiger partial charge in [-0.15, -0.1) is 0 Å². The number of aromatic amines is 1. The highest BCUT2D eigenvalue weighted by Crippen LogP contribution is 2.39. The predicted molar refractivity (Wildman–Crippen MR) is 153 cm³/mol. The number of H-pyrrole nitrogens is 1. The van der Waals surface area contributed by atoms with Gasteiger partial charge in [0.15, 0.2) is 5.75 Å². The summed E-state index contributed by atoms with van der Waals surface area (Å²) in [7, 11) is 0. The van der Waals surface area contributed by atoms with Crippen molar-refractivity contribution >= 4 is 34.0 Å². The maximum atomic E-state index is 6.70. The lowest BCUT2D eigenvalue weighted by Crippen LogP contribution is -1.98. The number of fused-ring (bicyclic) bond motifs is 1. The SMILES string of the molecule is Clc1cc(-c2nc(-c3ccccc3)c(-c3ccccc3)[nH]2)cc(Cl)c1OCc1cccc2ccccc12. The van der Waals surface area contributed by atoms with Gasteiger partial charge >= 0.3 is 0 Å². The van der Waals surface area contributed by atoms with Crippen LogP contribution in [0.25, 0.3) is 44.7 Å². The zero-order chi connectivity index (χ0) is 25.2. The van der Waals surface area contributed by atoms with Crippen LogP contribution in [0.5, 0.6) is 5.75 Å². The maximum absolute atomic E-state index is 6.70. The summed E-state index contributed by atoms with van der Waals surface area (Å²) in [6.07, 6.45) is 0. The van der Waals surface area contributed by atoms with Gasteiger partial charge in [-0.25, -0.2) is 4.98 Å². The Labute approximate surface area is 225 Å². The molecule has 0 fully saturated rings. The number of imidazole rings is 1. The minimum absolute atomic E-state index is 0.358. The average molecular weight is 521 g/mol. The predicted octanol–water partition coefficient (Wildman–Crippen LogP) is 9.45. The number of benzene rings is 5. The fourth-order valence-electron chi connectivity index (χ4n) is 4.53. The zero-order valence-corrected chi connectivity index (χ0v) is 21.3. The number of ether oxygens (including phenoxy) is 1. The molecule has 1 heterocycles. The van der Waals surface area contributed by atoms with Crippen molar-refractivity contribution in [2.24, 2.45) is 0 Å². The third-order valence-electron chi connectivity index (χ3n) is 6.34. The average Bonchev–Trinajstić information content (AvgIpc) is 3.39. The Morgan fingerprint density at radius 2 is 1.27 bits per heavy atom. The van der Waals surface area contributed by atoms with Crippen LogP contribution in [0.3, 0.4) is 0 Å². The first kappa shape index (κ1) is 23.4. The van der Waals surface area contributed by atoms with Crippen molar-refractivity contribution in [3.63, 3.8) is 0 Å². The Morgan fingerprint density at radius 1 is 0.649 bits per heavy atom. The van der Waals surface area contributed by atoms with Gasteiger partial charge in [0, 0.05) is 16.7 Å². The van der Waals surface area contributed by atoms with Crippen LogP contribution in [0.4, 0.5) is 0 Å². The second-order valence-electron chi connectivity index (χ2n) is 8.74. The molecule has 0 bridgehead atoms. The zero-order valence-electron chi connectivity index (χ0n) is 19.8. The van der Waals surface area contributed by atoms with E-state index >= 15 is 0 Å². The molecule has 0 spiro atoms. The van der Waals surface area contributed by atoms with Crippen molar-refractivity contribution in [3.05, 3.63) is 131 Å². The molecule has 3 nitrogen and oxygen atoms in total. The molecule has 0 aliphatic carbocycles. The van der Waals surface area contributed by atoms with Crippen molar-refractivity contribution in [2.45, 2.75) is 6.61 Å². The van der Waals surface area contributed by atoms with Gasteiger partial charge in [0.2, 0.25) is 0 Å². The van der Waals surface area contributed by atoms with E-state index in [0.29, 0.717) is 28.2 Å². The highest BCUT2D eigenvalue weighted by Gasteiger charge is 2.18. The summed E-state index contributed by atoms with van der Waals surface area (Å²) >= 11 is 13.4. The number of nitrogens with zero attached hydrogens (tertiary/aromatic N) is 1. The van der Waals surface area contributed by atoms with E-state index in [0.717, 1.165) is 44.4 Å². The van der Waals surface area contributed by atoms with Gasteiger partial charge in [0.1, 0.15) is 12.4 Å². The fraction of sp³-hybridized carbons (Fsp3) is 0.0312. The van der Waals surface area contributed by atoms with Gasteiger partial charge in [-0.3, -0.25) is 0 Å². The summed E-state index contributed by atoms with van der Waals surface area (Å²) in [5.74, 6) is 1.14. The van der Waals surface area contributed by atoms with Gasteiger partial charge in [-0.05, 0) is 28.5 Å². The highest BCUT2D eigenvalue weighted by atomic mass is 35.5. The Hall–Kier alpha value is -4.05. The molecule has 1 N–H and O–H groups in total. The number of aromatic nitrogens is 2. The second-order valence-corrected chi connectivity index (χ2v) is 9.55. The van der Waals surface area contributed by atoms with E-state index in [1.807, 2.05) is 66.7 Å². The molecule has 5 heteroatoms. The molecule has 0 atom stereocenters. The number of halogens is 2. The lowest BCUT2D eigenvalue weighted by atomic mass is 10.1. The molecular formula is C32H22Cl2N2O. The minimum atomic E-state index is 0.358. The summed E-state index contributed by atoms with van der Waals surface area (Å²) in [5.41, 5.74) is 5.73. The quantitative estimate of drug-likeness (QED) is 0.237. The van der Waals surface area contributed by atoms with Crippen molar-refractivity contribution < 1.29 is 4.74 Å². The van der Waals surface area contributed by atoms with Gasteiger partial charge in [0.25, 0.3) is 0 Å². The third kappa shape index (κ3) is 4.72. The molecule has 0 aliphatic heterocycles. The third-order valence-corrected chi connectivity index (χ3v) is 6.90. The summed E-state index contributed by atoms with van der Waals surface area (Å²) < 4.78 is 6.13. The van der Waals surface area contributed by atoms with E-state index in [-0.39, 0.29) is 0 Å². The number of rotatable bonds is 6. The lowest BCUT2D eigenvalue weighted by Gasteiger charge is -2.13. The molecule has 1 aromatic heterocycles. The first-order valence-corrected chi connectivity index (χ1v) is 12.7. The van der Waals surface area contributed by atoms with Gasteiger partial charge in [-0.1, -0.05) is 126 Å². The van der Waals surface area contributed by atoms with E-state index in [9.17, 15) is 0 Å². The van der Waals surface area contributed by atoms with Crippen molar-refractivity contribution in [1.82, 2.24) is 9.97 Å². The molecule has 0 aliphatic rings. The van der Waals surface area contributed by atoms with E-state index in [1.54, 1.807) is 0 Å². The van der Waals surface area contributed by atoms with Crippen LogP contribution in [0, 0.1) is 0 Å². The largest absolute Gasteiger partial charge is 0.486 e. The lowest BCUT2D eigenvalue weighted by molar-refractivity contribution is 0.308. The number of hydrogen-bond donors (Lipinski definition) is 1. The molecular weight excluding hydrogens is 499 g/mol. The summed E-state index contributed by atoms with van der Waals surface area (Å²) in [6, 6.07) is 38.4. The van der Waals surface area contributed by atoms with Crippen LogP contribution in [-0.2, 0) is 6.61 Å². The first-order valence-electron chi connectivity index (χ1n) is 12.0. The van der Waals surface area contributed by atoms with Crippen LogP contribution in [0.2, 0.25) is 10.0 Å². The van der Waals surface area contributed by atoms with Crippen molar-refractivity contribution in [2.75, 3.05) is 0 Å². The normalized spacial score (nSPS) is 11.1. The second kappa shape index (κ2) is 10.1. The molecule has 0 unspecified atom stereocenters. The van der Waals surface area contributed by atoms with Crippen LogP contribution in [0.1, 0.15) is 5.56 Å². The number of nitrogens with one attached hydrogen (secondary N) is 1.